The fourth-order valence-corrected chi connectivity index (χ4v) is 3.25. The maximum Gasteiger partial charge on any atom is 0.149 e. The van der Waals surface area contributed by atoms with Crippen molar-refractivity contribution in [2.75, 3.05) is 0 Å². The normalized spacial score (nSPS) is 12.9. The van der Waals surface area contributed by atoms with Gasteiger partial charge in [0.15, 0.2) is 0 Å². The van der Waals surface area contributed by atoms with Crippen LogP contribution >= 0.6 is 38.9 Å². The van der Waals surface area contributed by atoms with Crippen molar-refractivity contribution in [3.05, 3.63) is 31.9 Å². The molecule has 0 saturated carbocycles. The molecule has 2 aromatic heterocycles. The predicted molar refractivity (Wildman–Crippen MR) is 73.3 cm³/mol. The number of nitrogens with one attached hydrogen (secondary N) is 1. The molecule has 0 aromatic carbocycles. The Morgan fingerprint density at radius 1 is 1.65 bits per heavy atom. The first-order valence-corrected chi connectivity index (χ1v) is 7.07. The first kappa shape index (κ1) is 13.0. The zero-order valence-electron chi connectivity index (χ0n) is 9.44. The zero-order chi connectivity index (χ0) is 12.4. The minimum Gasteiger partial charge on any atom is -0.319 e. The molecule has 1 atom stereocenters. The van der Waals surface area contributed by atoms with Crippen molar-refractivity contribution in [2.45, 2.75) is 19.5 Å². The van der Waals surface area contributed by atoms with Crippen LogP contribution in [0, 0.1) is 0 Å². The standard InChI is InChI=1S/C10H12BrClN4S/c1-6(10-15-14-5-16(10)2)13-4-7-3-8(11)9(12)17-7/h3,5-6,13H,4H2,1-2H3. The predicted octanol–water partition coefficient (Wildman–Crippen LogP) is 3.14. The van der Waals surface area contributed by atoms with Gasteiger partial charge < -0.3 is 9.88 Å². The Hall–Kier alpha value is -0.430. The van der Waals surface area contributed by atoms with E-state index >= 15 is 0 Å². The van der Waals surface area contributed by atoms with Crippen molar-refractivity contribution < 1.29 is 0 Å². The number of rotatable bonds is 4. The number of halogens is 2. The Labute approximate surface area is 117 Å². The maximum absolute atomic E-state index is 5.99. The third-order valence-electron chi connectivity index (χ3n) is 2.41. The molecule has 0 aliphatic carbocycles. The van der Waals surface area contributed by atoms with E-state index in [1.807, 2.05) is 17.7 Å². The molecule has 0 fully saturated rings. The third-order valence-corrected chi connectivity index (χ3v) is 4.89. The van der Waals surface area contributed by atoms with Crippen LogP contribution in [0.1, 0.15) is 23.7 Å². The Kier molecular flexibility index (Phi) is 4.19. The molecule has 0 aliphatic heterocycles. The summed E-state index contributed by atoms with van der Waals surface area (Å²) in [7, 11) is 1.94. The lowest BCUT2D eigenvalue weighted by Gasteiger charge is -2.11. The molecule has 2 rings (SSSR count). The molecule has 4 nitrogen and oxygen atoms in total. The molecule has 0 saturated heterocycles. The average Bonchev–Trinajstić information content (AvgIpc) is 2.83. The fourth-order valence-electron chi connectivity index (χ4n) is 1.51. The van der Waals surface area contributed by atoms with E-state index in [2.05, 4.69) is 38.4 Å². The van der Waals surface area contributed by atoms with E-state index in [9.17, 15) is 0 Å². The Morgan fingerprint density at radius 3 is 2.94 bits per heavy atom. The molecular formula is C10H12BrClN4S. The van der Waals surface area contributed by atoms with Gasteiger partial charge in [0.2, 0.25) is 0 Å². The lowest BCUT2D eigenvalue weighted by atomic mass is 10.3. The highest BCUT2D eigenvalue weighted by Gasteiger charge is 2.11. The number of aromatic nitrogens is 3. The minimum atomic E-state index is 0.155. The highest BCUT2D eigenvalue weighted by atomic mass is 79.9. The molecule has 0 aliphatic rings. The van der Waals surface area contributed by atoms with Crippen molar-refractivity contribution in [1.29, 1.82) is 0 Å². The molecule has 1 unspecified atom stereocenters. The van der Waals surface area contributed by atoms with Crippen LogP contribution in [0.4, 0.5) is 0 Å². The largest absolute Gasteiger partial charge is 0.319 e. The smallest absolute Gasteiger partial charge is 0.149 e. The third kappa shape index (κ3) is 3.07. The molecule has 0 spiro atoms. The van der Waals surface area contributed by atoms with Crippen molar-refractivity contribution in [2.24, 2.45) is 7.05 Å². The summed E-state index contributed by atoms with van der Waals surface area (Å²) in [6.45, 7) is 2.83. The Balaban J connectivity index is 1.97. The lowest BCUT2D eigenvalue weighted by molar-refractivity contribution is 0.531. The first-order valence-electron chi connectivity index (χ1n) is 5.09. The molecular weight excluding hydrogens is 324 g/mol. The molecule has 0 amide bonds. The second-order valence-electron chi connectivity index (χ2n) is 3.74. The van der Waals surface area contributed by atoms with Gasteiger partial charge in [0.05, 0.1) is 6.04 Å². The van der Waals surface area contributed by atoms with Crippen LogP contribution in [-0.4, -0.2) is 14.8 Å². The van der Waals surface area contributed by atoms with Crippen LogP contribution < -0.4 is 5.32 Å². The summed E-state index contributed by atoms with van der Waals surface area (Å²) in [5.74, 6) is 0.923. The summed E-state index contributed by atoms with van der Waals surface area (Å²) in [6.07, 6.45) is 1.70. The molecule has 2 heterocycles. The number of thiophene rings is 1. The number of nitrogens with zero attached hydrogens (tertiary/aromatic N) is 3. The summed E-state index contributed by atoms with van der Waals surface area (Å²) in [5.41, 5.74) is 0. The number of hydrogen-bond donors (Lipinski definition) is 1. The molecule has 0 radical (unpaired) electrons. The van der Waals surface area contributed by atoms with Crippen molar-refractivity contribution in [3.8, 4) is 0 Å². The Bertz CT molecular complexity index is 491. The molecule has 17 heavy (non-hydrogen) atoms. The number of aryl methyl sites for hydroxylation is 1. The second-order valence-corrected chi connectivity index (χ2v) is 6.33. The molecule has 0 bridgehead atoms. The van der Waals surface area contributed by atoms with E-state index in [1.54, 1.807) is 17.7 Å². The van der Waals surface area contributed by atoms with Crippen molar-refractivity contribution in [1.82, 2.24) is 20.1 Å². The monoisotopic (exact) mass is 334 g/mol. The minimum absolute atomic E-state index is 0.155. The van der Waals surface area contributed by atoms with Crippen LogP contribution in [0.3, 0.4) is 0 Å². The van der Waals surface area contributed by atoms with Crippen molar-refractivity contribution >= 4 is 38.9 Å². The van der Waals surface area contributed by atoms with E-state index < -0.39 is 0 Å². The summed E-state index contributed by atoms with van der Waals surface area (Å²) in [6, 6.07) is 2.19. The van der Waals surface area contributed by atoms with Crippen molar-refractivity contribution in [3.63, 3.8) is 0 Å². The van der Waals surface area contributed by atoms with Gasteiger partial charge >= 0.3 is 0 Å². The fraction of sp³-hybridized carbons (Fsp3) is 0.400. The van der Waals surface area contributed by atoms with E-state index in [4.69, 9.17) is 11.6 Å². The molecule has 92 valence electrons. The second kappa shape index (κ2) is 5.48. The summed E-state index contributed by atoms with van der Waals surface area (Å²) in [4.78, 5) is 1.19. The van der Waals surface area contributed by atoms with E-state index in [1.165, 1.54) is 4.88 Å². The number of hydrogen-bond acceptors (Lipinski definition) is 4. The van der Waals surface area contributed by atoms with Crippen LogP contribution in [0.5, 0.6) is 0 Å². The molecule has 2 aromatic rings. The topological polar surface area (TPSA) is 42.7 Å². The highest BCUT2D eigenvalue weighted by Crippen LogP contribution is 2.32. The van der Waals surface area contributed by atoms with Crippen LogP contribution in [-0.2, 0) is 13.6 Å². The SMILES string of the molecule is CC(NCc1cc(Br)c(Cl)s1)c1nncn1C. The van der Waals surface area contributed by atoms with Gasteiger partial charge in [-0.05, 0) is 28.9 Å². The van der Waals surface area contributed by atoms with Gasteiger partial charge in [-0.3, -0.25) is 0 Å². The van der Waals surface area contributed by atoms with Gasteiger partial charge in [-0.15, -0.1) is 21.5 Å². The van der Waals surface area contributed by atoms with Crippen LogP contribution in [0.15, 0.2) is 16.9 Å². The summed E-state index contributed by atoms with van der Waals surface area (Å²) in [5, 5.41) is 11.3. The van der Waals surface area contributed by atoms with Gasteiger partial charge in [-0.2, -0.15) is 0 Å². The quantitative estimate of drug-likeness (QED) is 0.933. The van der Waals surface area contributed by atoms with E-state index in [-0.39, 0.29) is 6.04 Å². The van der Waals surface area contributed by atoms with Gasteiger partial charge in [-0.1, -0.05) is 11.6 Å². The summed E-state index contributed by atoms with van der Waals surface area (Å²) < 4.78 is 3.65. The summed E-state index contributed by atoms with van der Waals surface area (Å²) >= 11 is 11.0. The molecule has 1 N–H and O–H groups in total. The Morgan fingerprint density at radius 2 is 2.41 bits per heavy atom. The highest BCUT2D eigenvalue weighted by molar-refractivity contribution is 9.10. The average molecular weight is 336 g/mol. The lowest BCUT2D eigenvalue weighted by Crippen LogP contribution is -2.20. The van der Waals surface area contributed by atoms with Gasteiger partial charge in [0, 0.05) is 22.9 Å². The van der Waals surface area contributed by atoms with Gasteiger partial charge in [-0.25, -0.2) is 0 Å². The van der Waals surface area contributed by atoms with Gasteiger partial charge in [0.1, 0.15) is 16.5 Å². The zero-order valence-corrected chi connectivity index (χ0v) is 12.6. The van der Waals surface area contributed by atoms with Crippen LogP contribution in [0.2, 0.25) is 4.34 Å². The van der Waals surface area contributed by atoms with E-state index in [0.29, 0.717) is 0 Å². The molecule has 7 heteroatoms. The first-order chi connectivity index (χ1) is 8.08. The van der Waals surface area contributed by atoms with Crippen LogP contribution in [0.25, 0.3) is 0 Å². The maximum atomic E-state index is 5.99. The van der Waals surface area contributed by atoms with E-state index in [0.717, 1.165) is 21.2 Å². The van der Waals surface area contributed by atoms with Gasteiger partial charge in [0.25, 0.3) is 0 Å².